The zero-order chi connectivity index (χ0) is 18.4. The van der Waals surface area contributed by atoms with Gasteiger partial charge in [0.2, 0.25) is 0 Å². The molecule has 0 radical (unpaired) electrons. The van der Waals surface area contributed by atoms with Gasteiger partial charge in [-0.25, -0.2) is 4.98 Å². The van der Waals surface area contributed by atoms with E-state index < -0.39 is 0 Å². The van der Waals surface area contributed by atoms with Crippen LogP contribution in [0.1, 0.15) is 19.2 Å². The van der Waals surface area contributed by atoms with Crippen LogP contribution in [0.5, 0.6) is 0 Å². The van der Waals surface area contributed by atoms with Gasteiger partial charge in [-0.3, -0.25) is 4.79 Å². The Kier molecular flexibility index (Phi) is 6.45. The fourth-order valence-corrected chi connectivity index (χ4v) is 4.01. The maximum atomic E-state index is 12.0. The van der Waals surface area contributed by atoms with Gasteiger partial charge in [0, 0.05) is 25.5 Å². The number of rotatable bonds is 9. The Bertz CT molecular complexity index is 841. The van der Waals surface area contributed by atoms with E-state index in [0.717, 1.165) is 41.2 Å². The Morgan fingerprint density at radius 1 is 1.38 bits per heavy atom. The van der Waals surface area contributed by atoms with E-state index >= 15 is 0 Å². The second-order valence-electron chi connectivity index (χ2n) is 5.56. The summed E-state index contributed by atoms with van der Waals surface area (Å²) >= 11 is 2.99. The Labute approximate surface area is 160 Å². The van der Waals surface area contributed by atoms with Crippen molar-refractivity contribution in [1.29, 1.82) is 0 Å². The van der Waals surface area contributed by atoms with Crippen molar-refractivity contribution in [3.63, 3.8) is 0 Å². The van der Waals surface area contributed by atoms with Crippen molar-refractivity contribution < 1.29 is 9.53 Å². The van der Waals surface area contributed by atoms with Crippen LogP contribution in [-0.4, -0.2) is 42.6 Å². The first kappa shape index (κ1) is 18.7. The lowest BCUT2D eigenvalue weighted by molar-refractivity contribution is -0.140. The van der Waals surface area contributed by atoms with Gasteiger partial charge in [-0.2, -0.15) is 0 Å². The molecule has 3 aromatic rings. The van der Waals surface area contributed by atoms with E-state index in [1.165, 1.54) is 11.8 Å². The van der Waals surface area contributed by atoms with Gasteiger partial charge < -0.3 is 13.9 Å². The van der Waals surface area contributed by atoms with Crippen LogP contribution in [0, 0.1) is 6.92 Å². The largest absolute Gasteiger partial charge is 0.465 e. The molecule has 7 nitrogen and oxygen atoms in total. The number of aryl methyl sites for hydroxylation is 2. The van der Waals surface area contributed by atoms with Crippen molar-refractivity contribution in [3.05, 3.63) is 35.7 Å². The first-order valence-electron chi connectivity index (χ1n) is 8.42. The summed E-state index contributed by atoms with van der Waals surface area (Å²) < 4.78 is 9.37. The number of imidazole rings is 1. The standard InChI is InChI=1S/C17H21N5O2S2/c1-3-22-16(14-6-4-11-25-14)19-20-17(22)26-12-15(23)24-10-5-8-21-9-7-18-13(21)2/h4,6-7,9,11H,3,5,8,10,12H2,1-2H3. The molecule has 0 aliphatic heterocycles. The minimum atomic E-state index is -0.235. The number of thiophene rings is 1. The van der Waals surface area contributed by atoms with Crippen LogP contribution in [0.2, 0.25) is 0 Å². The normalized spacial score (nSPS) is 11.0. The van der Waals surface area contributed by atoms with Crippen LogP contribution < -0.4 is 0 Å². The van der Waals surface area contributed by atoms with E-state index in [1.807, 2.05) is 46.7 Å². The predicted octanol–water partition coefficient (Wildman–Crippen LogP) is 3.26. The fraction of sp³-hybridized carbons (Fsp3) is 0.412. The first-order chi connectivity index (χ1) is 12.7. The molecule has 0 aliphatic rings. The third kappa shape index (κ3) is 4.53. The first-order valence-corrected chi connectivity index (χ1v) is 10.3. The van der Waals surface area contributed by atoms with Crippen LogP contribution >= 0.6 is 23.1 Å². The molecule has 0 atom stereocenters. The van der Waals surface area contributed by atoms with Crippen molar-refractivity contribution >= 4 is 29.1 Å². The highest BCUT2D eigenvalue weighted by Gasteiger charge is 2.15. The molecule has 0 amide bonds. The number of hydrogen-bond donors (Lipinski definition) is 0. The minimum absolute atomic E-state index is 0.229. The summed E-state index contributed by atoms with van der Waals surface area (Å²) in [5, 5.41) is 11.2. The predicted molar refractivity (Wildman–Crippen MR) is 102 cm³/mol. The molecule has 3 aromatic heterocycles. The second kappa shape index (κ2) is 9.00. The Morgan fingerprint density at radius 2 is 2.27 bits per heavy atom. The molecule has 0 fully saturated rings. The molecule has 0 saturated heterocycles. The highest BCUT2D eigenvalue weighted by molar-refractivity contribution is 7.99. The van der Waals surface area contributed by atoms with Crippen LogP contribution in [0.15, 0.2) is 35.1 Å². The van der Waals surface area contributed by atoms with Crippen molar-refractivity contribution in [3.8, 4) is 10.7 Å². The average Bonchev–Trinajstić information content (AvgIpc) is 3.37. The molecule has 0 aliphatic carbocycles. The number of aromatic nitrogens is 5. The van der Waals surface area contributed by atoms with E-state index in [2.05, 4.69) is 15.2 Å². The Balaban J connectivity index is 1.45. The molecule has 3 heterocycles. The summed E-state index contributed by atoms with van der Waals surface area (Å²) in [5.74, 6) is 1.80. The van der Waals surface area contributed by atoms with Gasteiger partial charge in [-0.15, -0.1) is 21.5 Å². The zero-order valence-corrected chi connectivity index (χ0v) is 16.4. The van der Waals surface area contributed by atoms with Gasteiger partial charge in [0.1, 0.15) is 5.82 Å². The smallest absolute Gasteiger partial charge is 0.316 e. The van der Waals surface area contributed by atoms with Gasteiger partial charge in [0.25, 0.3) is 0 Å². The van der Waals surface area contributed by atoms with Crippen LogP contribution in [-0.2, 0) is 22.6 Å². The Hall–Kier alpha value is -2.13. The van der Waals surface area contributed by atoms with Crippen molar-refractivity contribution in [2.45, 2.75) is 38.5 Å². The number of carbonyl (C=O) groups is 1. The number of thioether (sulfide) groups is 1. The van der Waals surface area contributed by atoms with Crippen LogP contribution in [0.4, 0.5) is 0 Å². The number of esters is 1. The van der Waals surface area contributed by atoms with Crippen LogP contribution in [0.25, 0.3) is 10.7 Å². The topological polar surface area (TPSA) is 74.8 Å². The van der Waals surface area contributed by atoms with Gasteiger partial charge in [-0.1, -0.05) is 17.8 Å². The van der Waals surface area contributed by atoms with Gasteiger partial charge in [0.05, 0.1) is 17.2 Å². The van der Waals surface area contributed by atoms with E-state index in [0.29, 0.717) is 6.61 Å². The van der Waals surface area contributed by atoms with E-state index in [9.17, 15) is 4.79 Å². The lowest BCUT2D eigenvalue weighted by Crippen LogP contribution is -2.11. The van der Waals surface area contributed by atoms with Gasteiger partial charge in [0.15, 0.2) is 11.0 Å². The maximum absolute atomic E-state index is 12.0. The van der Waals surface area contributed by atoms with Crippen molar-refractivity contribution in [2.24, 2.45) is 0 Å². The molecular formula is C17H21N5O2S2. The quantitative estimate of drug-likeness (QED) is 0.317. The SMILES string of the molecule is CCn1c(SCC(=O)OCCCn2ccnc2C)nnc1-c1cccs1. The lowest BCUT2D eigenvalue weighted by Gasteiger charge is -2.07. The minimum Gasteiger partial charge on any atom is -0.465 e. The fourth-order valence-electron chi connectivity index (χ4n) is 2.49. The molecule has 3 rings (SSSR count). The monoisotopic (exact) mass is 391 g/mol. The zero-order valence-electron chi connectivity index (χ0n) is 14.8. The van der Waals surface area contributed by atoms with E-state index in [4.69, 9.17) is 4.74 Å². The highest BCUT2D eigenvalue weighted by atomic mass is 32.2. The Morgan fingerprint density at radius 3 is 2.96 bits per heavy atom. The van der Waals surface area contributed by atoms with Gasteiger partial charge >= 0.3 is 5.97 Å². The number of hydrogen-bond acceptors (Lipinski definition) is 7. The summed E-state index contributed by atoms with van der Waals surface area (Å²) in [6, 6.07) is 4.01. The average molecular weight is 392 g/mol. The third-order valence-corrected chi connectivity index (χ3v) is 5.63. The van der Waals surface area contributed by atoms with E-state index in [1.54, 1.807) is 17.5 Å². The van der Waals surface area contributed by atoms with Gasteiger partial charge in [-0.05, 0) is 31.7 Å². The highest BCUT2D eigenvalue weighted by Crippen LogP contribution is 2.27. The molecule has 0 saturated carbocycles. The molecular weight excluding hydrogens is 370 g/mol. The molecule has 0 N–H and O–H groups in total. The maximum Gasteiger partial charge on any atom is 0.316 e. The summed E-state index contributed by atoms with van der Waals surface area (Å²) in [6.07, 6.45) is 4.46. The number of carbonyl (C=O) groups excluding carboxylic acids is 1. The molecule has 0 spiro atoms. The molecule has 0 bridgehead atoms. The van der Waals surface area contributed by atoms with Crippen LogP contribution in [0.3, 0.4) is 0 Å². The summed E-state index contributed by atoms with van der Waals surface area (Å²) in [4.78, 5) is 17.2. The van der Waals surface area contributed by atoms with E-state index in [-0.39, 0.29) is 11.7 Å². The molecule has 0 unspecified atom stereocenters. The molecule has 9 heteroatoms. The third-order valence-electron chi connectivity index (χ3n) is 3.82. The van der Waals surface area contributed by atoms with Crippen molar-refractivity contribution in [1.82, 2.24) is 24.3 Å². The summed E-state index contributed by atoms with van der Waals surface area (Å²) in [5.41, 5.74) is 0. The molecule has 26 heavy (non-hydrogen) atoms. The number of nitrogens with zero attached hydrogens (tertiary/aromatic N) is 5. The molecule has 138 valence electrons. The summed E-state index contributed by atoms with van der Waals surface area (Å²) in [6.45, 7) is 5.94. The summed E-state index contributed by atoms with van der Waals surface area (Å²) in [7, 11) is 0. The lowest BCUT2D eigenvalue weighted by atomic mass is 10.4. The molecule has 0 aromatic carbocycles. The number of ether oxygens (including phenoxy) is 1. The second-order valence-corrected chi connectivity index (χ2v) is 7.45. The van der Waals surface area contributed by atoms with Crippen molar-refractivity contribution in [2.75, 3.05) is 12.4 Å².